The Morgan fingerprint density at radius 2 is 1.85 bits per heavy atom. The van der Waals surface area contributed by atoms with Gasteiger partial charge in [0, 0.05) is 25.5 Å². The Labute approximate surface area is 227 Å². The van der Waals surface area contributed by atoms with E-state index in [4.69, 9.17) is 21.4 Å². The fraction of sp³-hybridized carbons (Fsp3) is 0.542. The molecule has 0 saturated carbocycles. The summed E-state index contributed by atoms with van der Waals surface area (Å²) in [5, 5.41) is 14.2. The molecular weight excluding hydrogens is 541 g/mol. The number of halogens is 3. The molecule has 2 aliphatic rings. The highest BCUT2D eigenvalue weighted by Crippen LogP contribution is 2.20. The van der Waals surface area contributed by atoms with Crippen molar-refractivity contribution in [2.45, 2.75) is 75.8 Å². The minimum atomic E-state index is -5.19. The van der Waals surface area contributed by atoms with E-state index in [1.165, 1.54) is 4.90 Å². The molecule has 1 aromatic heterocycles. The van der Waals surface area contributed by atoms with Crippen molar-refractivity contribution in [2.24, 2.45) is 11.5 Å². The zero-order chi connectivity index (χ0) is 30.0. The van der Waals surface area contributed by atoms with Gasteiger partial charge >= 0.3 is 6.18 Å². The van der Waals surface area contributed by atoms with Crippen molar-refractivity contribution in [3.63, 3.8) is 0 Å². The standard InChI is InChI=1S/C22H30N6O5.C2HF3O2/c23-19(30)14-5-3-11-27(13-14)10-2-1-6-16(26-21(32)15-8-9-18(29)25-15)22(33)28-12-4-7-17(28)20(24)31;3-2(4,5)1(6)7/h3,5,11,13,15-17H,1-2,4,6-10,12H2,(H5-,23,24,25,26,29,30,31,32);(H,6,7)/t15-,16?,17-;/m0./s1. The number of hydrogen-bond acceptors (Lipinski definition) is 7. The maximum atomic E-state index is 13.2. The number of carbonyl (C=O) groups excluding carboxylic acids is 6. The normalized spacial score (nSPS) is 19.2. The molecule has 6 N–H and O–H groups in total. The molecule has 2 fully saturated rings. The quantitative estimate of drug-likeness (QED) is 0.179. The van der Waals surface area contributed by atoms with E-state index in [1.54, 1.807) is 18.3 Å². The summed E-state index contributed by atoms with van der Waals surface area (Å²) < 4.78 is 33.4. The van der Waals surface area contributed by atoms with Crippen LogP contribution in [0.1, 0.15) is 55.3 Å². The summed E-state index contributed by atoms with van der Waals surface area (Å²) >= 11 is 0. The molecule has 0 radical (unpaired) electrons. The average molecular weight is 573 g/mol. The number of aliphatic carboxylic acids is 1. The van der Waals surface area contributed by atoms with Crippen molar-refractivity contribution >= 4 is 35.5 Å². The summed E-state index contributed by atoms with van der Waals surface area (Å²) in [7, 11) is 0. The van der Waals surface area contributed by atoms with Gasteiger partial charge in [0.15, 0.2) is 12.4 Å². The summed E-state index contributed by atoms with van der Waals surface area (Å²) in [6, 6.07) is 1.22. The second kappa shape index (κ2) is 14.2. The molecule has 3 rings (SSSR count). The number of nitrogens with one attached hydrogen (secondary N) is 2. The number of aromatic nitrogens is 1. The second-order valence-electron chi connectivity index (χ2n) is 9.29. The first-order valence-electron chi connectivity index (χ1n) is 12.5. The lowest BCUT2D eigenvalue weighted by atomic mass is 10.1. The molecule has 2 saturated heterocycles. The van der Waals surface area contributed by atoms with Gasteiger partial charge in [-0.2, -0.15) is 13.2 Å². The lowest BCUT2D eigenvalue weighted by Gasteiger charge is -2.28. The molecule has 1 aromatic rings. The molecule has 0 aliphatic carbocycles. The second-order valence-corrected chi connectivity index (χ2v) is 9.29. The fourth-order valence-corrected chi connectivity index (χ4v) is 4.32. The molecule has 16 heteroatoms. The van der Waals surface area contributed by atoms with Gasteiger partial charge in [0.1, 0.15) is 36.2 Å². The van der Waals surface area contributed by atoms with Gasteiger partial charge in [-0.05, 0) is 38.2 Å². The van der Waals surface area contributed by atoms with Crippen LogP contribution in [0.25, 0.3) is 0 Å². The first-order valence-corrected chi connectivity index (χ1v) is 12.5. The van der Waals surface area contributed by atoms with Crippen molar-refractivity contribution in [3.05, 3.63) is 30.1 Å². The van der Waals surface area contributed by atoms with E-state index in [9.17, 15) is 37.1 Å². The van der Waals surface area contributed by atoms with Gasteiger partial charge in [0.2, 0.25) is 23.6 Å². The number of carboxylic acids is 1. The molecule has 2 aliphatic heterocycles. The molecular formula is C24H31F3N6O7. The van der Waals surface area contributed by atoms with E-state index >= 15 is 0 Å². The Bertz CT molecular complexity index is 1130. The number of carboxylic acid groups (broad SMARTS) is 1. The number of hydrogen-bond donors (Lipinski definition) is 4. The molecule has 3 atom stereocenters. The van der Waals surface area contributed by atoms with E-state index in [0.29, 0.717) is 57.2 Å². The number of likely N-dealkylation sites (tertiary alicyclic amines) is 1. The molecule has 5 amide bonds. The van der Waals surface area contributed by atoms with E-state index in [2.05, 4.69) is 10.6 Å². The number of rotatable bonds is 10. The Kier molecular flexibility index (Phi) is 11.4. The topological polar surface area (TPSA) is 209 Å². The SMILES string of the molecule is NC(=O)c1ccc[n+](CCCCC(NC(=O)[C@@H]2CCC(=O)N2)C(=O)N2CCC[C@H]2C(N)=O)c1.O=C([O-])C(F)(F)F. The molecule has 0 spiro atoms. The third kappa shape index (κ3) is 9.50. The number of carbonyl (C=O) groups is 6. The highest BCUT2D eigenvalue weighted by Gasteiger charge is 2.38. The summed E-state index contributed by atoms with van der Waals surface area (Å²) in [5.74, 6) is -5.00. The van der Waals surface area contributed by atoms with Crippen molar-refractivity contribution in [1.82, 2.24) is 15.5 Å². The Balaban J connectivity index is 0.000000708. The van der Waals surface area contributed by atoms with Crippen LogP contribution in [0.4, 0.5) is 13.2 Å². The first-order chi connectivity index (χ1) is 18.7. The van der Waals surface area contributed by atoms with Crippen LogP contribution in [-0.2, 0) is 30.5 Å². The van der Waals surface area contributed by atoms with Crippen LogP contribution < -0.4 is 31.8 Å². The highest BCUT2D eigenvalue weighted by molar-refractivity contribution is 5.95. The van der Waals surface area contributed by atoms with Gasteiger partial charge < -0.3 is 36.9 Å². The third-order valence-electron chi connectivity index (χ3n) is 6.32. The maximum absolute atomic E-state index is 13.2. The molecule has 220 valence electrons. The summed E-state index contributed by atoms with van der Waals surface area (Å²) in [5.41, 5.74) is 11.2. The van der Waals surface area contributed by atoms with Crippen LogP contribution in [0.5, 0.6) is 0 Å². The monoisotopic (exact) mass is 572 g/mol. The minimum absolute atomic E-state index is 0.193. The van der Waals surface area contributed by atoms with Gasteiger partial charge in [-0.3, -0.25) is 24.0 Å². The molecule has 13 nitrogen and oxygen atoms in total. The average Bonchev–Trinajstić information content (AvgIpc) is 3.55. The first kappa shape index (κ1) is 32.0. The van der Waals surface area contributed by atoms with Gasteiger partial charge in [-0.25, -0.2) is 4.57 Å². The van der Waals surface area contributed by atoms with Crippen LogP contribution in [0, 0.1) is 0 Å². The number of nitrogens with zero attached hydrogens (tertiary/aromatic N) is 2. The molecule has 40 heavy (non-hydrogen) atoms. The fourth-order valence-electron chi connectivity index (χ4n) is 4.32. The van der Waals surface area contributed by atoms with Gasteiger partial charge in [0.25, 0.3) is 5.91 Å². The Morgan fingerprint density at radius 1 is 1.18 bits per heavy atom. The summed E-state index contributed by atoms with van der Waals surface area (Å²) in [4.78, 5) is 70.7. The maximum Gasteiger partial charge on any atom is 0.430 e. The van der Waals surface area contributed by atoms with Crippen LogP contribution in [0.2, 0.25) is 0 Å². The molecule has 1 unspecified atom stereocenters. The van der Waals surface area contributed by atoms with Crippen molar-refractivity contribution in [2.75, 3.05) is 6.54 Å². The van der Waals surface area contributed by atoms with Gasteiger partial charge in [0.05, 0.1) is 0 Å². The zero-order valence-electron chi connectivity index (χ0n) is 21.4. The predicted octanol–water partition coefficient (Wildman–Crippen LogP) is -2.22. The van der Waals surface area contributed by atoms with Gasteiger partial charge in [-0.1, -0.05) is 0 Å². The highest BCUT2D eigenvalue weighted by atomic mass is 19.4. The number of aryl methyl sites for hydroxylation is 1. The number of unbranched alkanes of at least 4 members (excludes halogenated alkanes) is 1. The molecule has 3 heterocycles. The minimum Gasteiger partial charge on any atom is -0.542 e. The lowest BCUT2D eigenvalue weighted by molar-refractivity contribution is -0.697. The Morgan fingerprint density at radius 3 is 2.40 bits per heavy atom. The molecule has 0 bridgehead atoms. The van der Waals surface area contributed by atoms with Crippen molar-refractivity contribution < 1.29 is 51.6 Å². The van der Waals surface area contributed by atoms with E-state index in [0.717, 1.165) is 0 Å². The number of nitrogens with two attached hydrogens (primary N) is 2. The summed E-state index contributed by atoms with van der Waals surface area (Å²) in [6.45, 7) is 1.01. The molecule has 0 aromatic carbocycles. The van der Waals surface area contributed by atoms with Crippen LogP contribution >= 0.6 is 0 Å². The largest absolute Gasteiger partial charge is 0.542 e. The summed E-state index contributed by atoms with van der Waals surface area (Å²) in [6.07, 6.45) is 1.78. The van der Waals surface area contributed by atoms with Crippen molar-refractivity contribution in [3.8, 4) is 0 Å². The van der Waals surface area contributed by atoms with E-state index in [1.807, 2.05) is 10.8 Å². The van der Waals surface area contributed by atoms with Crippen LogP contribution in [0.15, 0.2) is 24.5 Å². The smallest absolute Gasteiger partial charge is 0.430 e. The van der Waals surface area contributed by atoms with Gasteiger partial charge in [-0.15, -0.1) is 0 Å². The predicted molar refractivity (Wildman–Crippen MR) is 127 cm³/mol. The zero-order valence-corrected chi connectivity index (χ0v) is 21.4. The van der Waals surface area contributed by atoms with Crippen molar-refractivity contribution in [1.29, 1.82) is 0 Å². The number of pyridine rings is 1. The Hall–Kier alpha value is -4.24. The van der Waals surface area contributed by atoms with E-state index in [-0.39, 0.29) is 18.2 Å². The third-order valence-corrected chi connectivity index (χ3v) is 6.32. The number of primary amides is 2. The number of amides is 5. The lowest BCUT2D eigenvalue weighted by Crippen LogP contribution is -2.55. The van der Waals surface area contributed by atoms with Crippen LogP contribution in [0.3, 0.4) is 0 Å². The number of alkyl halides is 3. The van der Waals surface area contributed by atoms with E-state index < -0.39 is 48.0 Å². The van der Waals surface area contributed by atoms with Crippen LogP contribution in [-0.4, -0.2) is 71.3 Å².